The quantitative estimate of drug-likeness (QED) is 0.833. The van der Waals surface area contributed by atoms with Gasteiger partial charge in [0.1, 0.15) is 12.1 Å². The minimum absolute atomic E-state index is 0.565. The standard InChI is InChI=1S/C16H22N6O/c1-12-8-15(18-10-17-12)22(13-2-3-13)14-4-6-21(7-5-14)9-16-19-11-20-23-16/h8,10-11,13-14H,2-7,9H2,1H3. The first-order valence-electron chi connectivity index (χ1n) is 8.34. The van der Waals surface area contributed by atoms with Crippen molar-refractivity contribution in [3.63, 3.8) is 0 Å². The fraction of sp³-hybridized carbons (Fsp3) is 0.625. The van der Waals surface area contributed by atoms with Crippen molar-refractivity contribution in [1.82, 2.24) is 25.0 Å². The zero-order chi connectivity index (χ0) is 15.6. The molecule has 0 unspecified atom stereocenters. The van der Waals surface area contributed by atoms with Crippen LogP contribution in [0.25, 0.3) is 0 Å². The van der Waals surface area contributed by atoms with Crippen LogP contribution >= 0.6 is 0 Å². The normalized spacial score (nSPS) is 19.9. The van der Waals surface area contributed by atoms with E-state index in [1.165, 1.54) is 19.2 Å². The highest BCUT2D eigenvalue weighted by Gasteiger charge is 2.36. The number of aryl methyl sites for hydroxylation is 1. The second kappa shape index (κ2) is 6.23. The average molecular weight is 314 g/mol. The molecule has 1 aliphatic carbocycles. The van der Waals surface area contributed by atoms with Gasteiger partial charge in [0.05, 0.1) is 6.54 Å². The molecule has 2 aromatic rings. The summed E-state index contributed by atoms with van der Waals surface area (Å²) >= 11 is 0. The zero-order valence-electron chi connectivity index (χ0n) is 13.4. The summed E-state index contributed by atoms with van der Waals surface area (Å²) in [6.07, 6.45) is 8.01. The number of hydrogen-bond donors (Lipinski definition) is 0. The van der Waals surface area contributed by atoms with E-state index < -0.39 is 0 Å². The third-order valence-corrected chi connectivity index (χ3v) is 4.71. The van der Waals surface area contributed by atoms with Gasteiger partial charge < -0.3 is 9.42 Å². The molecule has 7 nitrogen and oxygen atoms in total. The summed E-state index contributed by atoms with van der Waals surface area (Å²) in [5, 5.41) is 3.68. The molecule has 1 aliphatic heterocycles. The Labute approximate surface area is 135 Å². The summed E-state index contributed by atoms with van der Waals surface area (Å²) in [4.78, 5) is 17.8. The van der Waals surface area contributed by atoms with Crippen LogP contribution in [-0.4, -0.2) is 50.2 Å². The van der Waals surface area contributed by atoms with Gasteiger partial charge in [0, 0.05) is 36.9 Å². The second-order valence-corrected chi connectivity index (χ2v) is 6.50. The Morgan fingerprint density at radius 2 is 1.87 bits per heavy atom. The fourth-order valence-electron chi connectivity index (χ4n) is 3.42. The van der Waals surface area contributed by atoms with E-state index in [1.54, 1.807) is 6.33 Å². The topological polar surface area (TPSA) is 71.2 Å². The Balaban J connectivity index is 1.41. The molecule has 0 radical (unpaired) electrons. The molecule has 4 rings (SSSR count). The van der Waals surface area contributed by atoms with Crippen LogP contribution < -0.4 is 4.90 Å². The maximum absolute atomic E-state index is 5.11. The minimum Gasteiger partial charge on any atom is -0.350 e. The van der Waals surface area contributed by atoms with Crippen molar-refractivity contribution in [1.29, 1.82) is 0 Å². The lowest BCUT2D eigenvalue weighted by Gasteiger charge is -2.39. The first-order chi connectivity index (χ1) is 11.3. The third kappa shape index (κ3) is 3.34. The van der Waals surface area contributed by atoms with Crippen molar-refractivity contribution >= 4 is 5.82 Å². The molecule has 2 aromatic heterocycles. The molecule has 0 bridgehead atoms. The Bertz CT molecular complexity index is 634. The van der Waals surface area contributed by atoms with E-state index in [-0.39, 0.29) is 0 Å². The van der Waals surface area contributed by atoms with Gasteiger partial charge in [-0.15, -0.1) is 0 Å². The van der Waals surface area contributed by atoms with E-state index in [9.17, 15) is 0 Å². The van der Waals surface area contributed by atoms with Crippen LogP contribution in [0.1, 0.15) is 37.3 Å². The van der Waals surface area contributed by atoms with Crippen LogP contribution in [0.2, 0.25) is 0 Å². The lowest BCUT2D eigenvalue weighted by Crippen LogP contribution is -2.46. The van der Waals surface area contributed by atoms with Crippen molar-refractivity contribution in [3.8, 4) is 0 Å². The van der Waals surface area contributed by atoms with E-state index in [0.717, 1.165) is 44.0 Å². The van der Waals surface area contributed by atoms with Crippen molar-refractivity contribution in [3.05, 3.63) is 30.3 Å². The summed E-state index contributed by atoms with van der Waals surface area (Å²) in [5.41, 5.74) is 1.04. The first-order valence-corrected chi connectivity index (χ1v) is 8.34. The van der Waals surface area contributed by atoms with E-state index in [2.05, 4.69) is 36.0 Å². The molecule has 0 aromatic carbocycles. The van der Waals surface area contributed by atoms with Crippen LogP contribution in [0.4, 0.5) is 5.82 Å². The van der Waals surface area contributed by atoms with Crippen molar-refractivity contribution in [2.45, 2.75) is 51.2 Å². The van der Waals surface area contributed by atoms with Gasteiger partial charge in [0.15, 0.2) is 6.33 Å². The zero-order valence-corrected chi connectivity index (χ0v) is 13.4. The molecule has 0 atom stereocenters. The van der Waals surface area contributed by atoms with E-state index >= 15 is 0 Å². The predicted molar refractivity (Wildman–Crippen MR) is 84.9 cm³/mol. The molecule has 7 heteroatoms. The molecule has 0 N–H and O–H groups in total. The third-order valence-electron chi connectivity index (χ3n) is 4.71. The van der Waals surface area contributed by atoms with Crippen molar-refractivity contribution in [2.24, 2.45) is 0 Å². The number of likely N-dealkylation sites (tertiary alicyclic amines) is 1. The molecular formula is C16H22N6O. The van der Waals surface area contributed by atoms with Gasteiger partial charge in [-0.3, -0.25) is 4.90 Å². The van der Waals surface area contributed by atoms with Gasteiger partial charge in [-0.05, 0) is 32.6 Å². The first kappa shape index (κ1) is 14.6. The maximum atomic E-state index is 5.11. The molecule has 1 saturated heterocycles. The monoisotopic (exact) mass is 314 g/mol. The van der Waals surface area contributed by atoms with E-state index in [0.29, 0.717) is 18.0 Å². The van der Waals surface area contributed by atoms with Gasteiger partial charge in [-0.1, -0.05) is 5.16 Å². The molecule has 3 heterocycles. The summed E-state index contributed by atoms with van der Waals surface area (Å²) in [7, 11) is 0. The summed E-state index contributed by atoms with van der Waals surface area (Å²) in [6.45, 7) is 4.90. The largest absolute Gasteiger partial charge is 0.350 e. The lowest BCUT2D eigenvalue weighted by atomic mass is 10.0. The highest BCUT2D eigenvalue weighted by molar-refractivity contribution is 5.43. The summed E-state index contributed by atoms with van der Waals surface area (Å²) < 4.78 is 5.11. The number of piperidine rings is 1. The lowest BCUT2D eigenvalue weighted by molar-refractivity contribution is 0.178. The van der Waals surface area contributed by atoms with Crippen LogP contribution in [-0.2, 0) is 6.54 Å². The molecule has 2 fully saturated rings. The molecule has 1 saturated carbocycles. The maximum Gasteiger partial charge on any atom is 0.240 e. The fourth-order valence-corrected chi connectivity index (χ4v) is 3.42. The number of hydrogen-bond acceptors (Lipinski definition) is 7. The van der Waals surface area contributed by atoms with Crippen molar-refractivity contribution < 1.29 is 4.52 Å². The smallest absolute Gasteiger partial charge is 0.240 e. The van der Waals surface area contributed by atoms with Gasteiger partial charge >= 0.3 is 0 Å². The van der Waals surface area contributed by atoms with E-state index in [4.69, 9.17) is 4.52 Å². The predicted octanol–water partition coefficient (Wildman–Crippen LogP) is 1.80. The SMILES string of the molecule is Cc1cc(N(C2CC2)C2CCN(Cc3ncno3)CC2)ncn1. The highest BCUT2D eigenvalue weighted by Crippen LogP contribution is 2.35. The Morgan fingerprint density at radius 3 is 2.52 bits per heavy atom. The molecule has 23 heavy (non-hydrogen) atoms. The number of anilines is 1. The van der Waals surface area contributed by atoms with Crippen LogP contribution in [0, 0.1) is 6.92 Å². The summed E-state index contributed by atoms with van der Waals surface area (Å²) in [5.74, 6) is 1.80. The number of rotatable bonds is 5. The number of aromatic nitrogens is 4. The minimum atomic E-state index is 0.565. The molecule has 122 valence electrons. The molecular weight excluding hydrogens is 292 g/mol. The van der Waals surface area contributed by atoms with Gasteiger partial charge in [-0.2, -0.15) is 4.98 Å². The number of nitrogens with zero attached hydrogens (tertiary/aromatic N) is 6. The van der Waals surface area contributed by atoms with Crippen LogP contribution in [0.15, 0.2) is 23.2 Å². The second-order valence-electron chi connectivity index (χ2n) is 6.50. The van der Waals surface area contributed by atoms with Gasteiger partial charge in [0.2, 0.25) is 5.89 Å². The van der Waals surface area contributed by atoms with Crippen LogP contribution in [0.5, 0.6) is 0 Å². The van der Waals surface area contributed by atoms with E-state index in [1.807, 2.05) is 6.92 Å². The molecule has 0 amide bonds. The van der Waals surface area contributed by atoms with Gasteiger partial charge in [0.25, 0.3) is 0 Å². The van der Waals surface area contributed by atoms with Crippen LogP contribution in [0.3, 0.4) is 0 Å². The molecule has 2 aliphatic rings. The summed E-state index contributed by atoms with van der Waals surface area (Å²) in [6, 6.07) is 3.34. The van der Waals surface area contributed by atoms with Crippen molar-refractivity contribution in [2.75, 3.05) is 18.0 Å². The molecule has 0 spiro atoms. The highest BCUT2D eigenvalue weighted by atomic mass is 16.5. The Kier molecular flexibility index (Phi) is 3.95. The average Bonchev–Trinajstić information content (AvgIpc) is 3.25. The van der Waals surface area contributed by atoms with Gasteiger partial charge in [-0.25, -0.2) is 9.97 Å². The Morgan fingerprint density at radius 1 is 1.09 bits per heavy atom. The Hall–Kier alpha value is -2.02.